The van der Waals surface area contributed by atoms with Crippen molar-refractivity contribution in [1.29, 1.82) is 0 Å². The molecular formula is C20H24N2O4. The Kier molecular flexibility index (Phi) is 6.22. The van der Waals surface area contributed by atoms with Crippen LogP contribution in [0.4, 0.5) is 5.69 Å². The van der Waals surface area contributed by atoms with E-state index in [0.717, 1.165) is 5.56 Å². The summed E-state index contributed by atoms with van der Waals surface area (Å²) >= 11 is 0. The number of methoxy groups -OCH3 is 1. The summed E-state index contributed by atoms with van der Waals surface area (Å²) in [5.74, 6) is 0.536. The Hall–Kier alpha value is -3.02. The van der Waals surface area contributed by atoms with Crippen molar-refractivity contribution in [2.24, 2.45) is 5.73 Å². The molecule has 0 saturated carbocycles. The molecule has 0 aliphatic carbocycles. The van der Waals surface area contributed by atoms with E-state index in [2.05, 4.69) is 19.2 Å². The number of amides is 2. The van der Waals surface area contributed by atoms with E-state index in [4.69, 9.17) is 15.2 Å². The van der Waals surface area contributed by atoms with Crippen LogP contribution in [0, 0.1) is 6.92 Å². The third-order valence-corrected chi connectivity index (χ3v) is 3.99. The molecule has 2 aromatic rings. The number of nitrogens with two attached hydrogens (primary N) is 1. The van der Waals surface area contributed by atoms with Crippen LogP contribution in [-0.4, -0.2) is 25.5 Å². The lowest BCUT2D eigenvalue weighted by Gasteiger charge is -2.13. The highest BCUT2D eigenvalue weighted by Gasteiger charge is 2.12. The van der Waals surface area contributed by atoms with Gasteiger partial charge in [-0.25, -0.2) is 0 Å². The molecule has 0 spiro atoms. The van der Waals surface area contributed by atoms with Gasteiger partial charge in [-0.3, -0.25) is 9.59 Å². The largest absolute Gasteiger partial charge is 0.495 e. The second-order valence-corrected chi connectivity index (χ2v) is 6.29. The van der Waals surface area contributed by atoms with Gasteiger partial charge in [0.2, 0.25) is 5.91 Å². The number of hydrogen-bond donors (Lipinski definition) is 2. The molecule has 0 unspecified atom stereocenters. The molecule has 6 nitrogen and oxygen atoms in total. The fraction of sp³-hybridized carbons (Fsp3) is 0.300. The van der Waals surface area contributed by atoms with Gasteiger partial charge in [-0.05, 0) is 54.3 Å². The van der Waals surface area contributed by atoms with E-state index >= 15 is 0 Å². The zero-order chi connectivity index (χ0) is 19.3. The fourth-order valence-corrected chi connectivity index (χ4v) is 2.68. The molecule has 138 valence electrons. The quantitative estimate of drug-likeness (QED) is 0.797. The molecular weight excluding hydrogens is 332 g/mol. The molecule has 26 heavy (non-hydrogen) atoms. The first-order valence-electron chi connectivity index (χ1n) is 8.33. The van der Waals surface area contributed by atoms with Gasteiger partial charge in [0.1, 0.15) is 11.5 Å². The third-order valence-electron chi connectivity index (χ3n) is 3.99. The Bertz CT molecular complexity index is 815. The van der Waals surface area contributed by atoms with Crippen LogP contribution in [0.2, 0.25) is 0 Å². The van der Waals surface area contributed by atoms with Crippen LogP contribution in [0.1, 0.15) is 41.3 Å². The summed E-state index contributed by atoms with van der Waals surface area (Å²) in [5.41, 5.74) is 8.28. The topological polar surface area (TPSA) is 90.6 Å². The molecule has 2 amide bonds. The standard InChI is InChI=1S/C20H24N2O4/c1-12(2)16-7-6-15(9-13(16)3)26-11-19(23)22-17-10-14(20(21)24)5-8-18(17)25-4/h5-10,12H,11H2,1-4H3,(H2,21,24)(H,22,23). The smallest absolute Gasteiger partial charge is 0.262 e. The molecule has 0 bridgehead atoms. The summed E-state index contributed by atoms with van der Waals surface area (Å²) in [6.45, 7) is 6.11. The van der Waals surface area contributed by atoms with E-state index in [9.17, 15) is 9.59 Å². The van der Waals surface area contributed by atoms with Crippen LogP contribution in [0.25, 0.3) is 0 Å². The number of rotatable bonds is 7. The average Bonchev–Trinajstić information content (AvgIpc) is 2.59. The minimum absolute atomic E-state index is 0.162. The molecule has 0 aliphatic heterocycles. The lowest BCUT2D eigenvalue weighted by atomic mass is 9.98. The lowest BCUT2D eigenvalue weighted by molar-refractivity contribution is -0.118. The first-order chi connectivity index (χ1) is 12.3. The number of ether oxygens (including phenoxy) is 2. The van der Waals surface area contributed by atoms with Crippen molar-refractivity contribution in [1.82, 2.24) is 0 Å². The minimum atomic E-state index is -0.583. The number of carbonyl (C=O) groups excluding carboxylic acids is 2. The minimum Gasteiger partial charge on any atom is -0.495 e. The SMILES string of the molecule is COc1ccc(C(N)=O)cc1NC(=O)COc1ccc(C(C)C)c(C)c1. The molecule has 0 saturated heterocycles. The summed E-state index contributed by atoms with van der Waals surface area (Å²) in [6, 6.07) is 10.4. The first-order valence-corrected chi connectivity index (χ1v) is 8.33. The van der Waals surface area contributed by atoms with Crippen molar-refractivity contribution in [3.8, 4) is 11.5 Å². The van der Waals surface area contributed by atoms with E-state index in [1.54, 1.807) is 6.07 Å². The maximum Gasteiger partial charge on any atom is 0.262 e. The Morgan fingerprint density at radius 2 is 1.88 bits per heavy atom. The molecule has 6 heteroatoms. The number of carbonyl (C=O) groups is 2. The van der Waals surface area contributed by atoms with Crippen molar-refractivity contribution in [2.75, 3.05) is 19.0 Å². The summed E-state index contributed by atoms with van der Waals surface area (Å²) in [7, 11) is 1.48. The average molecular weight is 356 g/mol. The third kappa shape index (κ3) is 4.75. The summed E-state index contributed by atoms with van der Waals surface area (Å²) < 4.78 is 10.7. The van der Waals surface area contributed by atoms with Crippen molar-refractivity contribution < 1.29 is 19.1 Å². The monoisotopic (exact) mass is 356 g/mol. The predicted octanol–water partition coefficient (Wildman–Crippen LogP) is 3.24. The van der Waals surface area contributed by atoms with E-state index in [0.29, 0.717) is 23.1 Å². The number of nitrogens with one attached hydrogen (secondary N) is 1. The normalized spacial score (nSPS) is 10.5. The number of hydrogen-bond acceptors (Lipinski definition) is 4. The zero-order valence-corrected chi connectivity index (χ0v) is 15.5. The van der Waals surface area contributed by atoms with Crippen molar-refractivity contribution >= 4 is 17.5 Å². The van der Waals surface area contributed by atoms with Crippen LogP contribution in [0.5, 0.6) is 11.5 Å². The van der Waals surface area contributed by atoms with Crippen LogP contribution >= 0.6 is 0 Å². The molecule has 0 radical (unpaired) electrons. The fourth-order valence-electron chi connectivity index (χ4n) is 2.68. The van der Waals surface area contributed by atoms with Gasteiger partial charge in [-0.1, -0.05) is 19.9 Å². The van der Waals surface area contributed by atoms with Crippen molar-refractivity contribution in [2.45, 2.75) is 26.7 Å². The van der Waals surface area contributed by atoms with Gasteiger partial charge in [0, 0.05) is 5.56 Å². The number of primary amides is 1. The van der Waals surface area contributed by atoms with Crippen molar-refractivity contribution in [3.05, 3.63) is 53.1 Å². The highest BCUT2D eigenvalue weighted by atomic mass is 16.5. The molecule has 0 heterocycles. The lowest BCUT2D eigenvalue weighted by Crippen LogP contribution is -2.21. The maximum absolute atomic E-state index is 12.2. The highest BCUT2D eigenvalue weighted by Crippen LogP contribution is 2.26. The van der Waals surface area contributed by atoms with Gasteiger partial charge in [0.15, 0.2) is 6.61 Å². The molecule has 2 rings (SSSR count). The van der Waals surface area contributed by atoms with Crippen LogP contribution in [-0.2, 0) is 4.79 Å². The summed E-state index contributed by atoms with van der Waals surface area (Å²) in [6.07, 6.45) is 0. The van der Waals surface area contributed by atoms with E-state index in [1.165, 1.54) is 24.8 Å². The van der Waals surface area contributed by atoms with E-state index in [-0.39, 0.29) is 18.1 Å². The van der Waals surface area contributed by atoms with Gasteiger partial charge in [-0.15, -0.1) is 0 Å². The van der Waals surface area contributed by atoms with Crippen molar-refractivity contribution in [3.63, 3.8) is 0 Å². The van der Waals surface area contributed by atoms with Gasteiger partial charge in [0.25, 0.3) is 5.91 Å². The Morgan fingerprint density at radius 1 is 1.15 bits per heavy atom. The summed E-state index contributed by atoms with van der Waals surface area (Å²) in [5, 5.41) is 2.67. The molecule has 0 fully saturated rings. The summed E-state index contributed by atoms with van der Waals surface area (Å²) in [4.78, 5) is 23.5. The predicted molar refractivity (Wildman–Crippen MR) is 101 cm³/mol. The number of anilines is 1. The van der Waals surface area contributed by atoms with Crippen LogP contribution in [0.15, 0.2) is 36.4 Å². The second-order valence-electron chi connectivity index (χ2n) is 6.29. The molecule has 0 aromatic heterocycles. The second kappa shape index (κ2) is 8.38. The van der Waals surface area contributed by atoms with Gasteiger partial charge in [-0.2, -0.15) is 0 Å². The Labute approximate surface area is 153 Å². The van der Waals surface area contributed by atoms with Gasteiger partial charge in [0.05, 0.1) is 12.8 Å². The van der Waals surface area contributed by atoms with Gasteiger partial charge >= 0.3 is 0 Å². The molecule has 3 N–H and O–H groups in total. The number of benzene rings is 2. The van der Waals surface area contributed by atoms with E-state index in [1.807, 2.05) is 25.1 Å². The zero-order valence-electron chi connectivity index (χ0n) is 15.5. The van der Waals surface area contributed by atoms with Crippen LogP contribution in [0.3, 0.4) is 0 Å². The maximum atomic E-state index is 12.2. The van der Waals surface area contributed by atoms with Gasteiger partial charge < -0.3 is 20.5 Å². The Balaban J connectivity index is 2.04. The highest BCUT2D eigenvalue weighted by molar-refractivity contribution is 5.98. The molecule has 0 atom stereocenters. The Morgan fingerprint density at radius 3 is 2.46 bits per heavy atom. The molecule has 0 aliphatic rings. The number of aryl methyl sites for hydroxylation is 1. The molecule has 2 aromatic carbocycles. The first kappa shape index (κ1) is 19.3. The van der Waals surface area contributed by atoms with E-state index < -0.39 is 5.91 Å². The van der Waals surface area contributed by atoms with Crippen LogP contribution < -0.4 is 20.5 Å².